The summed E-state index contributed by atoms with van der Waals surface area (Å²) < 4.78 is 24.7. The van der Waals surface area contributed by atoms with E-state index in [0.29, 0.717) is 0 Å². The van der Waals surface area contributed by atoms with Crippen molar-refractivity contribution in [3.63, 3.8) is 0 Å². The Kier molecular flexibility index (Phi) is 5.41. The molecule has 12 aromatic rings. The Labute approximate surface area is 294 Å². The minimum atomic E-state index is 0.840. The molecule has 242 valence electrons. The summed E-state index contributed by atoms with van der Waals surface area (Å²) >= 11 is 0. The molecule has 0 atom stereocenters. The van der Waals surface area contributed by atoms with Crippen LogP contribution in [0.25, 0.3) is 121 Å². The molecule has 0 spiro atoms. The lowest BCUT2D eigenvalue weighted by Crippen LogP contribution is -1.80. The maximum absolute atomic E-state index is 6.32. The monoisotopic (exact) mass is 668 g/mol. The van der Waals surface area contributed by atoms with Gasteiger partial charge in [-0.05, 0) is 118 Å². The average molecular weight is 669 g/mol. The van der Waals surface area contributed by atoms with E-state index < -0.39 is 0 Å². The topological polar surface area (TPSA) is 78.3 Å². The van der Waals surface area contributed by atoms with Crippen LogP contribution in [0.15, 0.2) is 164 Å². The normalized spacial score (nSPS) is 12.2. The van der Waals surface area contributed by atoms with Gasteiger partial charge in [0, 0.05) is 67.9 Å². The average Bonchev–Trinajstić information content (AvgIpc) is 3.96. The van der Waals surface area contributed by atoms with Crippen LogP contribution in [-0.4, -0.2) is 9.97 Å². The van der Waals surface area contributed by atoms with Gasteiger partial charge < -0.3 is 17.7 Å². The molecule has 6 nitrogen and oxygen atoms in total. The molecule has 0 aliphatic heterocycles. The first-order valence-electron chi connectivity index (χ1n) is 17.2. The van der Waals surface area contributed by atoms with Crippen LogP contribution in [0.1, 0.15) is 0 Å². The van der Waals surface area contributed by atoms with Gasteiger partial charge in [0.2, 0.25) is 0 Å². The van der Waals surface area contributed by atoms with E-state index in [1.165, 1.54) is 0 Å². The summed E-state index contributed by atoms with van der Waals surface area (Å²) in [5.74, 6) is 0. The minimum Gasteiger partial charge on any atom is -0.456 e. The Hall–Kier alpha value is -7.18. The summed E-state index contributed by atoms with van der Waals surface area (Å²) in [4.78, 5) is 8.63. The maximum atomic E-state index is 6.32. The molecule has 0 aliphatic carbocycles. The van der Waals surface area contributed by atoms with Crippen LogP contribution in [0.5, 0.6) is 0 Å². The van der Waals surface area contributed by atoms with E-state index in [1.54, 1.807) is 12.4 Å². The van der Waals surface area contributed by atoms with Crippen molar-refractivity contribution < 1.29 is 17.7 Å². The first-order chi connectivity index (χ1) is 25.7. The van der Waals surface area contributed by atoms with Crippen molar-refractivity contribution >= 4 is 87.8 Å². The fourth-order valence-electron chi connectivity index (χ4n) is 7.87. The zero-order valence-electron chi connectivity index (χ0n) is 27.4. The zero-order chi connectivity index (χ0) is 33.9. The van der Waals surface area contributed by atoms with Crippen LogP contribution in [0.4, 0.5) is 0 Å². The van der Waals surface area contributed by atoms with Crippen LogP contribution >= 0.6 is 0 Å². The number of benzene rings is 6. The Morgan fingerprint density at radius 1 is 0.250 bits per heavy atom. The van der Waals surface area contributed by atoms with Crippen molar-refractivity contribution in [1.29, 1.82) is 0 Å². The number of fused-ring (bicyclic) bond motifs is 12. The van der Waals surface area contributed by atoms with E-state index in [0.717, 1.165) is 121 Å². The molecule has 0 saturated heterocycles. The second-order valence-electron chi connectivity index (χ2n) is 13.4. The van der Waals surface area contributed by atoms with Gasteiger partial charge in [0.15, 0.2) is 0 Å². The number of hydrogen-bond donors (Lipinski definition) is 0. The largest absolute Gasteiger partial charge is 0.456 e. The molecule has 0 bridgehead atoms. The molecule has 0 unspecified atom stereocenters. The molecule has 0 fully saturated rings. The Bertz CT molecular complexity index is 3200. The fraction of sp³-hybridized carbons (Fsp3) is 0. The van der Waals surface area contributed by atoms with Gasteiger partial charge in [-0.25, -0.2) is 0 Å². The van der Waals surface area contributed by atoms with E-state index in [9.17, 15) is 0 Å². The van der Waals surface area contributed by atoms with Crippen molar-refractivity contribution in [3.05, 3.63) is 146 Å². The van der Waals surface area contributed by atoms with Crippen LogP contribution in [0.3, 0.4) is 0 Å². The van der Waals surface area contributed by atoms with E-state index in [2.05, 4.69) is 107 Å². The van der Waals surface area contributed by atoms with Crippen molar-refractivity contribution in [2.75, 3.05) is 0 Å². The van der Waals surface area contributed by atoms with Gasteiger partial charge in [-0.3, -0.25) is 9.97 Å². The molecule has 0 radical (unpaired) electrons. The molecular weight excluding hydrogens is 645 g/mol. The van der Waals surface area contributed by atoms with E-state index in [4.69, 9.17) is 17.7 Å². The second-order valence-corrected chi connectivity index (χ2v) is 13.4. The van der Waals surface area contributed by atoms with Gasteiger partial charge in [-0.1, -0.05) is 36.4 Å². The summed E-state index contributed by atoms with van der Waals surface area (Å²) in [6.07, 6.45) is 7.24. The molecule has 0 saturated carbocycles. The highest BCUT2D eigenvalue weighted by Gasteiger charge is 2.15. The molecule has 0 N–H and O–H groups in total. The standard InChI is InChI=1S/C46H24N2O4/c1-7-39-31(33-19-27(3-9-41(33)49-39)29-5-11-43-35(21-29)37-23-47-15-13-45(37)51-43)17-25(1)26-2-8-40-32(18-26)34-20-28(4-10-42(34)50-40)30-6-12-44-36(22-30)38-24-48-16-14-46(38)52-44/h1-24H. The van der Waals surface area contributed by atoms with Crippen molar-refractivity contribution in [2.45, 2.75) is 0 Å². The van der Waals surface area contributed by atoms with Gasteiger partial charge in [0.1, 0.15) is 44.7 Å². The highest BCUT2D eigenvalue weighted by molar-refractivity contribution is 6.11. The van der Waals surface area contributed by atoms with Crippen LogP contribution in [0.2, 0.25) is 0 Å². The SMILES string of the molecule is c1cc2oc3ccc(-c4ccc5oc6ccc(-c7ccc8oc9ccc(-c%10ccc%11oc%12ccncc%12c%11c%10)cc9c8c7)cc6c5c4)cc3c2cn1. The first-order valence-corrected chi connectivity index (χ1v) is 17.2. The van der Waals surface area contributed by atoms with Gasteiger partial charge in [0.25, 0.3) is 0 Å². The van der Waals surface area contributed by atoms with Gasteiger partial charge in [-0.15, -0.1) is 0 Å². The predicted octanol–water partition coefficient (Wildman–Crippen LogP) is 13.1. The number of rotatable bonds is 3. The third-order valence-electron chi connectivity index (χ3n) is 10.5. The molecule has 52 heavy (non-hydrogen) atoms. The highest BCUT2D eigenvalue weighted by Crippen LogP contribution is 2.40. The molecule has 6 aromatic carbocycles. The van der Waals surface area contributed by atoms with E-state index >= 15 is 0 Å². The number of nitrogens with zero attached hydrogens (tertiary/aromatic N) is 2. The molecule has 6 aromatic heterocycles. The summed E-state index contributed by atoms with van der Waals surface area (Å²) in [5.41, 5.74) is 13.5. The minimum absolute atomic E-state index is 0.840. The maximum Gasteiger partial charge on any atom is 0.138 e. The molecular formula is C46H24N2O4. The fourth-order valence-corrected chi connectivity index (χ4v) is 7.87. The summed E-state index contributed by atoms with van der Waals surface area (Å²) in [6.45, 7) is 0. The van der Waals surface area contributed by atoms with Gasteiger partial charge in [-0.2, -0.15) is 0 Å². The third-order valence-corrected chi connectivity index (χ3v) is 10.5. The molecule has 0 aliphatic rings. The van der Waals surface area contributed by atoms with Crippen molar-refractivity contribution in [3.8, 4) is 33.4 Å². The lowest BCUT2D eigenvalue weighted by atomic mass is 9.98. The van der Waals surface area contributed by atoms with E-state index in [-0.39, 0.29) is 0 Å². The molecule has 6 heterocycles. The summed E-state index contributed by atoms with van der Waals surface area (Å²) in [6, 6.07) is 42.2. The Morgan fingerprint density at radius 3 is 0.750 bits per heavy atom. The van der Waals surface area contributed by atoms with Gasteiger partial charge >= 0.3 is 0 Å². The predicted molar refractivity (Wildman–Crippen MR) is 207 cm³/mol. The molecule has 6 heteroatoms. The number of aromatic nitrogens is 2. The lowest BCUT2D eigenvalue weighted by Gasteiger charge is -2.04. The number of pyridine rings is 2. The molecule has 12 rings (SSSR count). The van der Waals surface area contributed by atoms with Gasteiger partial charge in [0.05, 0.1) is 0 Å². The number of hydrogen-bond acceptors (Lipinski definition) is 6. The zero-order valence-corrected chi connectivity index (χ0v) is 27.4. The summed E-state index contributed by atoms with van der Waals surface area (Å²) in [7, 11) is 0. The lowest BCUT2D eigenvalue weighted by molar-refractivity contribution is 0.668. The third kappa shape index (κ3) is 4.00. The number of furan rings is 4. The Balaban J connectivity index is 0.957. The quantitative estimate of drug-likeness (QED) is 0.186. The van der Waals surface area contributed by atoms with Crippen molar-refractivity contribution in [2.24, 2.45) is 0 Å². The summed E-state index contributed by atoms with van der Waals surface area (Å²) in [5, 5.41) is 8.44. The van der Waals surface area contributed by atoms with Crippen molar-refractivity contribution in [1.82, 2.24) is 9.97 Å². The second kappa shape index (κ2) is 10.2. The van der Waals surface area contributed by atoms with Crippen LogP contribution in [-0.2, 0) is 0 Å². The first kappa shape index (κ1) is 27.6. The van der Waals surface area contributed by atoms with E-state index in [1.807, 2.05) is 36.7 Å². The van der Waals surface area contributed by atoms with Crippen LogP contribution in [0, 0.1) is 0 Å². The highest BCUT2D eigenvalue weighted by atomic mass is 16.3. The smallest absolute Gasteiger partial charge is 0.138 e. The molecule has 0 amide bonds. The van der Waals surface area contributed by atoms with Crippen LogP contribution < -0.4 is 0 Å². The Morgan fingerprint density at radius 2 is 0.481 bits per heavy atom.